The Labute approximate surface area is 152 Å². The van der Waals surface area contributed by atoms with E-state index in [9.17, 15) is 0 Å². The molecule has 4 aromatic rings. The van der Waals surface area contributed by atoms with Gasteiger partial charge in [0.1, 0.15) is 0 Å². The van der Waals surface area contributed by atoms with Gasteiger partial charge in [-0.1, -0.05) is 72.8 Å². The fourth-order valence-corrected chi connectivity index (χ4v) is 4.05. The van der Waals surface area contributed by atoms with E-state index in [0.717, 1.165) is 17.8 Å². The molecule has 0 saturated heterocycles. The highest BCUT2D eigenvalue weighted by molar-refractivity contribution is 5.76. The van der Waals surface area contributed by atoms with Gasteiger partial charge < -0.3 is 9.97 Å². The Morgan fingerprint density at radius 2 is 1.54 bits per heavy atom. The number of hydrogen-bond acceptors (Lipinski definition) is 1. The molecule has 2 aromatic carbocycles. The SMILES string of the molecule is C1=CC(c2ccccc2)(c2ccccc2)Cc2c[nH]c(-c3cnc[nH]3)c21. The first kappa shape index (κ1) is 15.0. The van der Waals surface area contributed by atoms with Gasteiger partial charge >= 0.3 is 0 Å². The highest BCUT2D eigenvalue weighted by atomic mass is 14.9. The minimum Gasteiger partial charge on any atom is -0.359 e. The third-order valence-electron chi connectivity index (χ3n) is 5.36. The first-order valence-corrected chi connectivity index (χ1v) is 8.86. The number of imidazole rings is 1. The smallest absolute Gasteiger partial charge is 0.0924 e. The van der Waals surface area contributed by atoms with Crippen LogP contribution in [0.2, 0.25) is 0 Å². The molecule has 0 amide bonds. The fourth-order valence-electron chi connectivity index (χ4n) is 4.05. The van der Waals surface area contributed by atoms with E-state index in [-0.39, 0.29) is 5.41 Å². The third kappa shape index (κ3) is 2.25. The van der Waals surface area contributed by atoms with Gasteiger partial charge in [0.15, 0.2) is 0 Å². The van der Waals surface area contributed by atoms with E-state index in [2.05, 4.69) is 94.0 Å². The highest BCUT2D eigenvalue weighted by Crippen LogP contribution is 2.43. The number of nitrogens with one attached hydrogen (secondary N) is 2. The van der Waals surface area contributed by atoms with Crippen molar-refractivity contribution in [2.24, 2.45) is 0 Å². The molecule has 126 valence electrons. The van der Waals surface area contributed by atoms with Crippen LogP contribution in [-0.2, 0) is 11.8 Å². The predicted molar refractivity (Wildman–Crippen MR) is 105 cm³/mol. The standard InChI is InChI=1S/C23H19N3/c1-3-7-18(8-4-1)23(19-9-5-2-6-10-19)12-11-20-17(13-23)14-25-22(20)21-15-24-16-26-21/h1-12,14-16,25H,13H2,(H,24,26). The molecule has 0 spiro atoms. The van der Waals surface area contributed by atoms with Crippen LogP contribution < -0.4 is 0 Å². The zero-order chi connectivity index (χ0) is 17.4. The van der Waals surface area contributed by atoms with Gasteiger partial charge in [-0.15, -0.1) is 0 Å². The van der Waals surface area contributed by atoms with Crippen LogP contribution in [0.3, 0.4) is 0 Å². The van der Waals surface area contributed by atoms with E-state index >= 15 is 0 Å². The number of benzene rings is 2. The van der Waals surface area contributed by atoms with E-state index in [1.54, 1.807) is 6.33 Å². The van der Waals surface area contributed by atoms with Gasteiger partial charge in [-0.25, -0.2) is 4.98 Å². The quantitative estimate of drug-likeness (QED) is 0.545. The minimum atomic E-state index is -0.150. The van der Waals surface area contributed by atoms with Crippen molar-refractivity contribution in [1.82, 2.24) is 15.0 Å². The lowest BCUT2D eigenvalue weighted by Crippen LogP contribution is -2.30. The molecule has 2 heterocycles. The second-order valence-corrected chi connectivity index (χ2v) is 6.78. The Hall–Kier alpha value is -3.33. The maximum Gasteiger partial charge on any atom is 0.0924 e. The van der Waals surface area contributed by atoms with Crippen LogP contribution in [0.25, 0.3) is 17.5 Å². The topological polar surface area (TPSA) is 44.5 Å². The minimum absolute atomic E-state index is 0.150. The Morgan fingerprint density at radius 1 is 0.846 bits per heavy atom. The summed E-state index contributed by atoms with van der Waals surface area (Å²) in [5.41, 5.74) is 7.17. The molecule has 3 nitrogen and oxygen atoms in total. The molecule has 1 aliphatic rings. The molecular formula is C23H19N3. The number of allylic oxidation sites excluding steroid dienone is 1. The number of nitrogens with zero attached hydrogens (tertiary/aromatic N) is 1. The molecule has 0 fully saturated rings. The molecule has 0 radical (unpaired) electrons. The molecule has 2 aromatic heterocycles. The number of hydrogen-bond donors (Lipinski definition) is 2. The normalized spacial score (nSPS) is 14.9. The molecule has 0 bridgehead atoms. The third-order valence-corrected chi connectivity index (χ3v) is 5.36. The summed E-state index contributed by atoms with van der Waals surface area (Å²) < 4.78 is 0. The van der Waals surface area contributed by atoms with E-state index in [4.69, 9.17) is 0 Å². The zero-order valence-corrected chi connectivity index (χ0v) is 14.3. The van der Waals surface area contributed by atoms with Gasteiger partial charge in [-0.2, -0.15) is 0 Å². The predicted octanol–water partition coefficient (Wildman–Crippen LogP) is 4.96. The first-order chi connectivity index (χ1) is 12.9. The van der Waals surface area contributed by atoms with Gasteiger partial charge in [-0.3, -0.25) is 0 Å². The molecule has 26 heavy (non-hydrogen) atoms. The Bertz CT molecular complexity index is 1000. The van der Waals surface area contributed by atoms with Crippen molar-refractivity contribution in [3.63, 3.8) is 0 Å². The molecule has 0 atom stereocenters. The van der Waals surface area contributed by atoms with Crippen LogP contribution in [0.4, 0.5) is 0 Å². The van der Waals surface area contributed by atoms with Crippen LogP contribution >= 0.6 is 0 Å². The molecule has 1 aliphatic carbocycles. The summed E-state index contributed by atoms with van der Waals surface area (Å²) in [6, 6.07) is 21.5. The van der Waals surface area contributed by atoms with E-state index in [1.165, 1.54) is 22.3 Å². The monoisotopic (exact) mass is 337 g/mol. The van der Waals surface area contributed by atoms with E-state index in [0.29, 0.717) is 0 Å². The van der Waals surface area contributed by atoms with Crippen molar-refractivity contribution in [1.29, 1.82) is 0 Å². The summed E-state index contributed by atoms with van der Waals surface area (Å²) in [4.78, 5) is 10.8. The summed E-state index contributed by atoms with van der Waals surface area (Å²) in [5.74, 6) is 0. The summed E-state index contributed by atoms with van der Waals surface area (Å²) >= 11 is 0. The molecule has 3 heteroatoms. The second-order valence-electron chi connectivity index (χ2n) is 6.78. The molecule has 0 saturated carbocycles. The van der Waals surface area contributed by atoms with Crippen LogP contribution in [0.15, 0.2) is 85.5 Å². The first-order valence-electron chi connectivity index (χ1n) is 8.86. The fraction of sp³-hybridized carbons (Fsp3) is 0.0870. The summed E-state index contributed by atoms with van der Waals surface area (Å²) in [5, 5.41) is 0. The number of H-pyrrole nitrogens is 2. The van der Waals surface area contributed by atoms with Gasteiger partial charge in [-0.05, 0) is 23.1 Å². The van der Waals surface area contributed by atoms with Crippen molar-refractivity contribution < 1.29 is 0 Å². The summed E-state index contributed by atoms with van der Waals surface area (Å²) in [7, 11) is 0. The summed E-state index contributed by atoms with van der Waals surface area (Å²) in [6.45, 7) is 0. The van der Waals surface area contributed by atoms with Crippen molar-refractivity contribution in [2.75, 3.05) is 0 Å². The highest BCUT2D eigenvalue weighted by Gasteiger charge is 2.35. The van der Waals surface area contributed by atoms with Crippen molar-refractivity contribution in [2.45, 2.75) is 11.8 Å². The maximum absolute atomic E-state index is 4.15. The van der Waals surface area contributed by atoms with Crippen molar-refractivity contribution >= 4 is 6.08 Å². The Kier molecular flexibility index (Phi) is 3.39. The average Bonchev–Trinajstić information content (AvgIpc) is 3.38. The lowest BCUT2D eigenvalue weighted by Gasteiger charge is -2.35. The molecule has 5 rings (SSSR count). The van der Waals surface area contributed by atoms with Crippen LogP contribution in [0.1, 0.15) is 22.3 Å². The molecule has 2 N–H and O–H groups in total. The van der Waals surface area contributed by atoms with Gasteiger partial charge in [0, 0.05) is 17.2 Å². The Morgan fingerprint density at radius 3 is 2.15 bits per heavy atom. The zero-order valence-electron chi connectivity index (χ0n) is 14.3. The van der Waals surface area contributed by atoms with Crippen LogP contribution in [-0.4, -0.2) is 15.0 Å². The lowest BCUT2D eigenvalue weighted by molar-refractivity contribution is 0.634. The lowest BCUT2D eigenvalue weighted by atomic mass is 9.68. The molecule has 0 unspecified atom stereocenters. The molecule has 0 aliphatic heterocycles. The van der Waals surface area contributed by atoms with Crippen LogP contribution in [0.5, 0.6) is 0 Å². The average molecular weight is 337 g/mol. The van der Waals surface area contributed by atoms with E-state index < -0.39 is 0 Å². The largest absolute Gasteiger partial charge is 0.359 e. The van der Waals surface area contributed by atoms with Crippen LogP contribution in [0, 0.1) is 0 Å². The number of rotatable bonds is 3. The van der Waals surface area contributed by atoms with Crippen molar-refractivity contribution in [3.05, 3.63) is 108 Å². The number of aromatic nitrogens is 3. The van der Waals surface area contributed by atoms with Gasteiger partial charge in [0.05, 0.1) is 23.9 Å². The molecular weight excluding hydrogens is 318 g/mol. The number of fused-ring (bicyclic) bond motifs is 1. The van der Waals surface area contributed by atoms with Gasteiger partial charge in [0.2, 0.25) is 0 Å². The van der Waals surface area contributed by atoms with Gasteiger partial charge in [0.25, 0.3) is 0 Å². The second kappa shape index (κ2) is 5.88. The Balaban J connectivity index is 1.67. The number of aromatic amines is 2. The maximum atomic E-state index is 4.15. The van der Waals surface area contributed by atoms with Crippen molar-refractivity contribution in [3.8, 4) is 11.4 Å². The van der Waals surface area contributed by atoms with E-state index in [1.807, 2.05) is 6.20 Å². The summed E-state index contributed by atoms with van der Waals surface area (Å²) in [6.07, 6.45) is 11.2.